The van der Waals surface area contributed by atoms with Crippen molar-refractivity contribution < 1.29 is 14.4 Å². The molecular formula is C17H17N3O3. The molecule has 23 heavy (non-hydrogen) atoms. The Kier molecular flexibility index (Phi) is 4.08. The summed E-state index contributed by atoms with van der Waals surface area (Å²) >= 11 is 0. The lowest BCUT2D eigenvalue weighted by molar-refractivity contribution is 0.0917. The van der Waals surface area contributed by atoms with Gasteiger partial charge >= 0.3 is 0 Å². The minimum atomic E-state index is -0.479. The molecule has 0 fully saturated rings. The van der Waals surface area contributed by atoms with Crippen LogP contribution in [0.2, 0.25) is 0 Å². The van der Waals surface area contributed by atoms with E-state index < -0.39 is 6.04 Å². The van der Waals surface area contributed by atoms with E-state index >= 15 is 0 Å². The SMILES string of the molecule is Cc1cc(C(=O)NC(CO)c2ccccc2)c2c(C)noc2n1. The molecule has 0 aliphatic heterocycles. The largest absolute Gasteiger partial charge is 0.394 e. The number of rotatable bonds is 4. The average Bonchev–Trinajstić information content (AvgIpc) is 2.93. The van der Waals surface area contributed by atoms with Crippen LogP contribution in [0.15, 0.2) is 40.9 Å². The maximum Gasteiger partial charge on any atom is 0.258 e. The number of nitrogens with one attached hydrogen (secondary N) is 1. The van der Waals surface area contributed by atoms with Crippen molar-refractivity contribution in [1.82, 2.24) is 15.5 Å². The number of hydrogen-bond acceptors (Lipinski definition) is 5. The third-order valence-corrected chi connectivity index (χ3v) is 3.68. The third kappa shape index (κ3) is 2.93. The first kappa shape index (κ1) is 15.2. The second-order valence-corrected chi connectivity index (χ2v) is 5.38. The van der Waals surface area contributed by atoms with Crippen molar-refractivity contribution in [1.29, 1.82) is 0 Å². The molecule has 3 rings (SSSR count). The molecule has 1 amide bonds. The molecule has 0 saturated heterocycles. The van der Waals surface area contributed by atoms with Crippen molar-refractivity contribution in [2.24, 2.45) is 0 Å². The maximum atomic E-state index is 12.7. The molecule has 118 valence electrons. The number of aryl methyl sites for hydroxylation is 2. The molecule has 0 aliphatic carbocycles. The standard InChI is InChI=1S/C17H17N3O3/c1-10-8-13(15-11(2)20-23-17(15)18-10)16(22)19-14(9-21)12-6-4-3-5-7-12/h3-8,14,21H,9H2,1-2H3,(H,19,22). The summed E-state index contributed by atoms with van der Waals surface area (Å²) in [5.41, 5.74) is 2.90. The van der Waals surface area contributed by atoms with Crippen molar-refractivity contribution >= 4 is 17.0 Å². The number of aliphatic hydroxyl groups excluding tert-OH is 1. The molecule has 0 spiro atoms. The molecule has 0 aliphatic rings. The lowest BCUT2D eigenvalue weighted by Gasteiger charge is -2.17. The van der Waals surface area contributed by atoms with E-state index in [1.807, 2.05) is 30.3 Å². The van der Waals surface area contributed by atoms with Crippen molar-refractivity contribution in [3.63, 3.8) is 0 Å². The van der Waals surface area contributed by atoms with Crippen LogP contribution in [0.25, 0.3) is 11.1 Å². The number of aromatic nitrogens is 2. The molecule has 2 heterocycles. The Hall–Kier alpha value is -2.73. The number of carbonyl (C=O) groups excluding carboxylic acids is 1. The highest BCUT2D eigenvalue weighted by Crippen LogP contribution is 2.23. The lowest BCUT2D eigenvalue weighted by Crippen LogP contribution is -2.31. The van der Waals surface area contributed by atoms with Gasteiger partial charge in [0.15, 0.2) is 0 Å². The highest BCUT2D eigenvalue weighted by atomic mass is 16.5. The number of benzene rings is 1. The van der Waals surface area contributed by atoms with E-state index in [0.717, 1.165) is 5.56 Å². The molecule has 1 unspecified atom stereocenters. The summed E-state index contributed by atoms with van der Waals surface area (Å²) in [6.45, 7) is 3.36. The summed E-state index contributed by atoms with van der Waals surface area (Å²) in [5.74, 6) is -0.297. The summed E-state index contributed by atoms with van der Waals surface area (Å²) in [7, 11) is 0. The minimum Gasteiger partial charge on any atom is -0.394 e. The number of aliphatic hydroxyl groups is 1. The van der Waals surface area contributed by atoms with Crippen LogP contribution in [0.1, 0.15) is 33.4 Å². The summed E-state index contributed by atoms with van der Waals surface area (Å²) in [6.07, 6.45) is 0. The monoisotopic (exact) mass is 311 g/mol. The van der Waals surface area contributed by atoms with E-state index in [-0.39, 0.29) is 12.5 Å². The van der Waals surface area contributed by atoms with E-state index in [1.54, 1.807) is 19.9 Å². The second kappa shape index (κ2) is 6.18. The highest BCUT2D eigenvalue weighted by molar-refractivity contribution is 6.06. The van der Waals surface area contributed by atoms with Crippen LogP contribution >= 0.6 is 0 Å². The van der Waals surface area contributed by atoms with Gasteiger partial charge in [-0.25, -0.2) is 4.98 Å². The molecule has 0 bridgehead atoms. The summed E-state index contributed by atoms with van der Waals surface area (Å²) in [6, 6.07) is 10.6. The zero-order valence-corrected chi connectivity index (χ0v) is 12.9. The minimum absolute atomic E-state index is 0.189. The van der Waals surface area contributed by atoms with Crippen molar-refractivity contribution in [2.75, 3.05) is 6.61 Å². The van der Waals surface area contributed by atoms with Crippen LogP contribution in [0.4, 0.5) is 0 Å². The smallest absolute Gasteiger partial charge is 0.258 e. The quantitative estimate of drug-likeness (QED) is 0.772. The van der Waals surface area contributed by atoms with Gasteiger partial charge in [-0.15, -0.1) is 0 Å². The van der Waals surface area contributed by atoms with Gasteiger partial charge in [0.05, 0.1) is 29.3 Å². The summed E-state index contributed by atoms with van der Waals surface area (Å²) in [4.78, 5) is 16.9. The van der Waals surface area contributed by atoms with Gasteiger partial charge in [0.2, 0.25) is 0 Å². The average molecular weight is 311 g/mol. The molecule has 1 aromatic carbocycles. The first-order valence-electron chi connectivity index (χ1n) is 7.30. The van der Waals surface area contributed by atoms with Gasteiger partial charge in [0, 0.05) is 5.69 Å². The Morgan fingerprint density at radius 1 is 1.30 bits per heavy atom. The third-order valence-electron chi connectivity index (χ3n) is 3.68. The van der Waals surface area contributed by atoms with Crippen LogP contribution in [0.5, 0.6) is 0 Å². The first-order chi connectivity index (χ1) is 11.1. The highest BCUT2D eigenvalue weighted by Gasteiger charge is 2.20. The summed E-state index contributed by atoms with van der Waals surface area (Å²) in [5, 5.41) is 16.9. The fourth-order valence-corrected chi connectivity index (χ4v) is 2.55. The van der Waals surface area contributed by atoms with E-state index in [2.05, 4.69) is 15.5 Å². The predicted molar refractivity (Wildman–Crippen MR) is 85.0 cm³/mol. The molecule has 2 N–H and O–H groups in total. The van der Waals surface area contributed by atoms with E-state index in [4.69, 9.17) is 4.52 Å². The van der Waals surface area contributed by atoms with Gasteiger partial charge in [-0.05, 0) is 25.5 Å². The van der Waals surface area contributed by atoms with Crippen LogP contribution in [0, 0.1) is 13.8 Å². The normalized spacial score (nSPS) is 12.3. The number of carbonyl (C=O) groups is 1. The number of nitrogens with zero attached hydrogens (tertiary/aromatic N) is 2. The second-order valence-electron chi connectivity index (χ2n) is 5.38. The predicted octanol–water partition coefficient (Wildman–Crippen LogP) is 2.30. The Morgan fingerprint density at radius 3 is 2.74 bits per heavy atom. The number of amides is 1. The molecular weight excluding hydrogens is 294 g/mol. The topological polar surface area (TPSA) is 88.2 Å². The molecule has 2 aromatic heterocycles. The molecule has 6 heteroatoms. The van der Waals surface area contributed by atoms with Gasteiger partial charge < -0.3 is 14.9 Å². The van der Waals surface area contributed by atoms with Gasteiger partial charge in [-0.3, -0.25) is 4.79 Å². The molecule has 1 atom stereocenters. The molecule has 6 nitrogen and oxygen atoms in total. The molecule has 3 aromatic rings. The van der Waals surface area contributed by atoms with E-state index in [1.165, 1.54) is 0 Å². The van der Waals surface area contributed by atoms with Crippen molar-refractivity contribution in [3.05, 3.63) is 58.9 Å². The Labute approximate surface area is 133 Å². The molecule has 0 saturated carbocycles. The van der Waals surface area contributed by atoms with Gasteiger partial charge in [0.25, 0.3) is 11.6 Å². The van der Waals surface area contributed by atoms with Crippen LogP contribution in [0.3, 0.4) is 0 Å². The Balaban J connectivity index is 1.96. The zero-order valence-electron chi connectivity index (χ0n) is 12.9. The summed E-state index contributed by atoms with van der Waals surface area (Å²) < 4.78 is 5.15. The number of hydrogen-bond donors (Lipinski definition) is 2. The van der Waals surface area contributed by atoms with Gasteiger partial charge in [-0.2, -0.15) is 0 Å². The first-order valence-corrected chi connectivity index (χ1v) is 7.30. The number of pyridine rings is 1. The zero-order chi connectivity index (χ0) is 16.4. The Bertz CT molecular complexity index is 843. The van der Waals surface area contributed by atoms with Crippen LogP contribution in [-0.2, 0) is 0 Å². The lowest BCUT2D eigenvalue weighted by atomic mass is 10.1. The Morgan fingerprint density at radius 2 is 2.04 bits per heavy atom. The fraction of sp³-hybridized carbons (Fsp3) is 0.235. The van der Waals surface area contributed by atoms with E-state index in [0.29, 0.717) is 28.1 Å². The number of fused-ring (bicyclic) bond motifs is 1. The maximum absolute atomic E-state index is 12.7. The van der Waals surface area contributed by atoms with Gasteiger partial charge in [0.1, 0.15) is 0 Å². The van der Waals surface area contributed by atoms with Crippen molar-refractivity contribution in [2.45, 2.75) is 19.9 Å². The van der Waals surface area contributed by atoms with E-state index in [9.17, 15) is 9.90 Å². The van der Waals surface area contributed by atoms with Crippen LogP contribution < -0.4 is 5.32 Å². The van der Waals surface area contributed by atoms with Gasteiger partial charge in [-0.1, -0.05) is 35.5 Å². The van der Waals surface area contributed by atoms with Crippen LogP contribution in [-0.4, -0.2) is 27.8 Å². The van der Waals surface area contributed by atoms with Crippen molar-refractivity contribution in [3.8, 4) is 0 Å². The fourth-order valence-electron chi connectivity index (χ4n) is 2.55. The molecule has 0 radical (unpaired) electrons.